The minimum Gasteiger partial charge on any atom is -0.484 e. The Bertz CT molecular complexity index is 1030. The highest BCUT2D eigenvalue weighted by atomic mass is 79.9. The first-order valence-electron chi connectivity index (χ1n) is 9.73. The van der Waals surface area contributed by atoms with Crippen molar-refractivity contribution in [2.75, 3.05) is 20.3 Å². The Morgan fingerprint density at radius 1 is 1.21 bits per heavy atom. The van der Waals surface area contributed by atoms with Crippen LogP contribution in [0.5, 0.6) is 5.75 Å². The van der Waals surface area contributed by atoms with Gasteiger partial charge in [0.1, 0.15) is 11.4 Å². The van der Waals surface area contributed by atoms with Gasteiger partial charge in [0.15, 0.2) is 11.5 Å². The molecule has 0 saturated carbocycles. The van der Waals surface area contributed by atoms with Gasteiger partial charge in [0.25, 0.3) is 5.91 Å². The standard InChI is InChI=1S/C22H22BrN3O3/c1-26-19(27)22(25-20(26)24)12-21(8-3-9-28-13-21)29-18-7-6-15(11-17(18)22)14-4-2-5-16(23)10-14/h2,4-7,10-11H,3,8-9,12-13H2,1H3,(H2,24,25)/t21-,22?/m0/s1. The van der Waals surface area contributed by atoms with E-state index in [1.807, 2.05) is 36.4 Å². The number of carbonyl (C=O) groups excluding carboxylic acids is 1. The number of nitrogens with two attached hydrogens (primary N) is 1. The summed E-state index contributed by atoms with van der Waals surface area (Å²) in [5, 5.41) is 0. The van der Waals surface area contributed by atoms with Gasteiger partial charge >= 0.3 is 0 Å². The van der Waals surface area contributed by atoms with Crippen LogP contribution >= 0.6 is 15.9 Å². The fourth-order valence-corrected chi connectivity index (χ4v) is 5.06. The van der Waals surface area contributed by atoms with Gasteiger partial charge in [-0.15, -0.1) is 0 Å². The molecule has 2 N–H and O–H groups in total. The van der Waals surface area contributed by atoms with Crippen molar-refractivity contribution in [3.05, 3.63) is 52.5 Å². The van der Waals surface area contributed by atoms with E-state index in [0.717, 1.165) is 34.0 Å². The number of hydrogen-bond donors (Lipinski definition) is 1. The summed E-state index contributed by atoms with van der Waals surface area (Å²) in [5.74, 6) is 0.805. The highest BCUT2D eigenvalue weighted by molar-refractivity contribution is 9.10. The van der Waals surface area contributed by atoms with Crippen LogP contribution < -0.4 is 10.5 Å². The molecule has 1 unspecified atom stereocenters. The fourth-order valence-electron chi connectivity index (χ4n) is 4.66. The lowest BCUT2D eigenvalue weighted by molar-refractivity contribution is -0.139. The molecule has 3 aliphatic rings. The van der Waals surface area contributed by atoms with Gasteiger partial charge in [-0.1, -0.05) is 34.1 Å². The number of halogens is 1. The molecular weight excluding hydrogens is 434 g/mol. The van der Waals surface area contributed by atoms with Crippen molar-refractivity contribution >= 4 is 27.8 Å². The second-order valence-electron chi connectivity index (χ2n) is 8.03. The third-order valence-electron chi connectivity index (χ3n) is 6.08. The van der Waals surface area contributed by atoms with Crippen molar-refractivity contribution in [2.45, 2.75) is 30.4 Å². The molecule has 3 aliphatic heterocycles. The maximum atomic E-state index is 13.4. The lowest BCUT2D eigenvalue weighted by Gasteiger charge is -2.46. The number of rotatable bonds is 1. The van der Waals surface area contributed by atoms with Crippen molar-refractivity contribution in [1.29, 1.82) is 0 Å². The smallest absolute Gasteiger partial charge is 0.261 e. The van der Waals surface area contributed by atoms with Gasteiger partial charge in [0, 0.05) is 30.1 Å². The SMILES string of the molecule is CN1C(=O)C2(C[C@]3(CCCOC3)Oc3ccc(-c4cccc(Br)c4)cc32)N=C1N. The van der Waals surface area contributed by atoms with Crippen molar-refractivity contribution in [2.24, 2.45) is 10.7 Å². The molecule has 5 rings (SSSR count). The van der Waals surface area contributed by atoms with Gasteiger partial charge in [-0.05, 0) is 48.2 Å². The zero-order chi connectivity index (χ0) is 20.2. The number of carbonyl (C=O) groups is 1. The number of hydrogen-bond acceptors (Lipinski definition) is 5. The Balaban J connectivity index is 1.69. The maximum absolute atomic E-state index is 13.4. The van der Waals surface area contributed by atoms with E-state index in [9.17, 15) is 4.79 Å². The number of aliphatic imine (C=N–C) groups is 1. The molecule has 1 fully saturated rings. The monoisotopic (exact) mass is 455 g/mol. The number of nitrogens with zero attached hydrogens (tertiary/aromatic N) is 2. The summed E-state index contributed by atoms with van der Waals surface area (Å²) in [6.07, 6.45) is 2.15. The molecule has 150 valence electrons. The molecule has 3 heterocycles. The molecule has 2 aromatic rings. The number of ether oxygens (including phenoxy) is 2. The summed E-state index contributed by atoms with van der Waals surface area (Å²) in [7, 11) is 1.67. The van der Waals surface area contributed by atoms with E-state index in [2.05, 4.69) is 22.0 Å². The summed E-state index contributed by atoms with van der Waals surface area (Å²) in [6.45, 7) is 1.17. The molecule has 0 aliphatic carbocycles. The molecule has 0 aromatic heterocycles. The number of fused-ring (bicyclic) bond motifs is 2. The van der Waals surface area contributed by atoms with Crippen LogP contribution in [0.2, 0.25) is 0 Å². The molecule has 7 heteroatoms. The maximum Gasteiger partial charge on any atom is 0.261 e. The zero-order valence-corrected chi connectivity index (χ0v) is 17.7. The molecule has 2 aromatic carbocycles. The predicted octanol–water partition coefficient (Wildman–Crippen LogP) is 3.43. The Hall–Kier alpha value is -2.38. The lowest BCUT2D eigenvalue weighted by atomic mass is 9.74. The topological polar surface area (TPSA) is 77.2 Å². The van der Waals surface area contributed by atoms with E-state index in [-0.39, 0.29) is 11.9 Å². The van der Waals surface area contributed by atoms with E-state index < -0.39 is 11.1 Å². The molecule has 0 radical (unpaired) electrons. The summed E-state index contributed by atoms with van der Waals surface area (Å²) >= 11 is 3.53. The number of benzene rings is 2. The van der Waals surface area contributed by atoms with Crippen molar-refractivity contribution in [3.63, 3.8) is 0 Å². The first-order chi connectivity index (χ1) is 13.9. The summed E-state index contributed by atoms with van der Waals surface area (Å²) in [5.41, 5.74) is 7.28. The molecule has 1 amide bonds. The quantitative estimate of drug-likeness (QED) is 0.714. The number of guanidine groups is 1. The minimum absolute atomic E-state index is 0.115. The van der Waals surface area contributed by atoms with Gasteiger partial charge in [0.2, 0.25) is 0 Å². The first-order valence-corrected chi connectivity index (χ1v) is 10.5. The zero-order valence-electron chi connectivity index (χ0n) is 16.2. The Labute approximate surface area is 177 Å². The molecule has 0 bridgehead atoms. The van der Waals surface area contributed by atoms with Crippen LogP contribution in [0.1, 0.15) is 24.8 Å². The van der Waals surface area contributed by atoms with E-state index >= 15 is 0 Å². The third-order valence-corrected chi connectivity index (χ3v) is 6.57. The van der Waals surface area contributed by atoms with Crippen LogP contribution in [0.4, 0.5) is 0 Å². The second kappa shape index (κ2) is 6.57. The molecular formula is C22H22BrN3O3. The Morgan fingerprint density at radius 3 is 2.72 bits per heavy atom. The van der Waals surface area contributed by atoms with Gasteiger partial charge in [-0.3, -0.25) is 9.69 Å². The largest absolute Gasteiger partial charge is 0.484 e. The van der Waals surface area contributed by atoms with E-state index in [1.165, 1.54) is 4.90 Å². The minimum atomic E-state index is -1.07. The average Bonchev–Trinajstić information content (AvgIpc) is 2.92. The lowest BCUT2D eigenvalue weighted by Crippen LogP contribution is -2.55. The van der Waals surface area contributed by atoms with Crippen molar-refractivity contribution in [3.8, 4) is 16.9 Å². The first kappa shape index (κ1) is 18.6. The van der Waals surface area contributed by atoms with Crippen LogP contribution in [-0.4, -0.2) is 42.6 Å². The molecule has 1 saturated heterocycles. The van der Waals surface area contributed by atoms with Gasteiger partial charge in [-0.25, -0.2) is 4.99 Å². The Morgan fingerprint density at radius 2 is 2.03 bits per heavy atom. The van der Waals surface area contributed by atoms with Crippen LogP contribution in [0, 0.1) is 0 Å². The van der Waals surface area contributed by atoms with Crippen molar-refractivity contribution in [1.82, 2.24) is 4.90 Å². The molecule has 29 heavy (non-hydrogen) atoms. The second-order valence-corrected chi connectivity index (χ2v) is 8.95. The predicted molar refractivity (Wildman–Crippen MR) is 114 cm³/mol. The van der Waals surface area contributed by atoms with Gasteiger partial charge < -0.3 is 15.2 Å². The van der Waals surface area contributed by atoms with Crippen LogP contribution in [-0.2, 0) is 15.1 Å². The van der Waals surface area contributed by atoms with Crippen LogP contribution in [0.3, 0.4) is 0 Å². The molecule has 2 spiro atoms. The third kappa shape index (κ3) is 2.87. The van der Waals surface area contributed by atoms with E-state index in [1.54, 1.807) is 7.05 Å². The normalized spacial score (nSPS) is 28.4. The summed E-state index contributed by atoms with van der Waals surface area (Å²) in [4.78, 5) is 19.6. The Kier molecular flexibility index (Phi) is 4.22. The van der Waals surface area contributed by atoms with Gasteiger partial charge in [0.05, 0.1) is 6.61 Å². The summed E-state index contributed by atoms with van der Waals surface area (Å²) < 4.78 is 13.2. The average molecular weight is 456 g/mol. The summed E-state index contributed by atoms with van der Waals surface area (Å²) in [6, 6.07) is 14.0. The molecule has 2 atom stereocenters. The number of amides is 1. The van der Waals surface area contributed by atoms with Crippen LogP contribution in [0.15, 0.2) is 51.9 Å². The van der Waals surface area contributed by atoms with E-state index in [4.69, 9.17) is 20.2 Å². The highest BCUT2D eigenvalue weighted by Crippen LogP contribution is 2.51. The van der Waals surface area contributed by atoms with Crippen LogP contribution in [0.25, 0.3) is 11.1 Å². The fraction of sp³-hybridized carbons (Fsp3) is 0.364. The van der Waals surface area contributed by atoms with Crippen molar-refractivity contribution < 1.29 is 14.3 Å². The van der Waals surface area contributed by atoms with E-state index in [0.29, 0.717) is 25.4 Å². The van der Waals surface area contributed by atoms with Gasteiger partial charge in [-0.2, -0.15) is 0 Å². The molecule has 6 nitrogen and oxygen atoms in total. The number of likely N-dealkylation sites (N-methyl/N-ethyl adjacent to an activating group) is 1. The highest BCUT2D eigenvalue weighted by Gasteiger charge is 2.58.